The van der Waals surface area contributed by atoms with Crippen molar-refractivity contribution < 1.29 is 36.6 Å². The van der Waals surface area contributed by atoms with Gasteiger partial charge in [0.05, 0.1) is 12.2 Å². The highest BCUT2D eigenvalue weighted by Crippen LogP contribution is 2.31. The van der Waals surface area contributed by atoms with Crippen LogP contribution in [0.2, 0.25) is 0 Å². The Labute approximate surface area is 187 Å². The van der Waals surface area contributed by atoms with E-state index in [1.807, 2.05) is 0 Å². The molecule has 15 heteroatoms. The van der Waals surface area contributed by atoms with Crippen LogP contribution in [-0.4, -0.2) is 60.4 Å². The van der Waals surface area contributed by atoms with E-state index in [1.54, 1.807) is 0 Å². The van der Waals surface area contributed by atoms with Gasteiger partial charge in [-0.2, -0.15) is 41.3 Å². The van der Waals surface area contributed by atoms with Crippen molar-refractivity contribution in [1.82, 2.24) is 24.9 Å². The van der Waals surface area contributed by atoms with Crippen LogP contribution in [0.25, 0.3) is 11.5 Å². The standard InChI is InChI=1S/C19H15F6N7O2/c20-18(21,22)13-3-1-2-10(28-13)15-29-16(27-9-4-5-26-14(6-9)19(23,24)25)31-17(30-15)32-7-11(33)12(34)8-32/h1-6,11-12,33-34H,7-8H2,(H,26,27,29,30,31)/t11-,12-/m1/s1. The second-order valence-electron chi connectivity index (χ2n) is 7.28. The summed E-state index contributed by atoms with van der Waals surface area (Å²) in [5.41, 5.74) is -2.74. The third-order valence-electron chi connectivity index (χ3n) is 4.74. The fraction of sp³-hybridized carbons (Fsp3) is 0.316. The molecule has 1 fully saturated rings. The van der Waals surface area contributed by atoms with Crippen LogP contribution < -0.4 is 10.2 Å². The van der Waals surface area contributed by atoms with Crippen molar-refractivity contribution in [3.05, 3.63) is 47.9 Å². The predicted octanol–water partition coefficient (Wildman–Crippen LogP) is 2.65. The van der Waals surface area contributed by atoms with Gasteiger partial charge in [-0.05, 0) is 24.3 Å². The van der Waals surface area contributed by atoms with Gasteiger partial charge in [0, 0.05) is 25.0 Å². The summed E-state index contributed by atoms with van der Waals surface area (Å²) < 4.78 is 78.3. The number of aromatic nitrogens is 5. The number of alkyl halides is 6. The summed E-state index contributed by atoms with van der Waals surface area (Å²) in [5.74, 6) is -0.735. The van der Waals surface area contributed by atoms with E-state index in [9.17, 15) is 36.6 Å². The summed E-state index contributed by atoms with van der Waals surface area (Å²) in [4.78, 5) is 20.3. The molecule has 4 rings (SSSR count). The minimum Gasteiger partial charge on any atom is -0.388 e. The molecular weight excluding hydrogens is 472 g/mol. The summed E-state index contributed by atoms with van der Waals surface area (Å²) in [6.07, 6.45) is -10.8. The molecule has 0 spiro atoms. The van der Waals surface area contributed by atoms with E-state index in [1.165, 1.54) is 17.0 Å². The molecule has 1 saturated heterocycles. The van der Waals surface area contributed by atoms with Crippen molar-refractivity contribution in [2.24, 2.45) is 0 Å². The molecule has 34 heavy (non-hydrogen) atoms. The monoisotopic (exact) mass is 487 g/mol. The van der Waals surface area contributed by atoms with Gasteiger partial charge < -0.3 is 20.4 Å². The summed E-state index contributed by atoms with van der Waals surface area (Å²) in [7, 11) is 0. The number of hydrogen-bond donors (Lipinski definition) is 3. The lowest BCUT2D eigenvalue weighted by atomic mass is 10.3. The fourth-order valence-electron chi connectivity index (χ4n) is 3.12. The van der Waals surface area contributed by atoms with Gasteiger partial charge in [0.1, 0.15) is 17.1 Å². The van der Waals surface area contributed by atoms with E-state index in [4.69, 9.17) is 0 Å². The number of rotatable bonds is 4. The number of anilines is 3. The highest BCUT2D eigenvalue weighted by Gasteiger charge is 2.35. The van der Waals surface area contributed by atoms with E-state index in [0.717, 1.165) is 18.3 Å². The number of aliphatic hydroxyl groups excluding tert-OH is 2. The second kappa shape index (κ2) is 8.64. The zero-order valence-electron chi connectivity index (χ0n) is 16.9. The first-order valence-corrected chi connectivity index (χ1v) is 9.62. The number of pyridine rings is 2. The zero-order chi connectivity index (χ0) is 24.7. The molecule has 2 atom stereocenters. The van der Waals surface area contributed by atoms with E-state index in [0.29, 0.717) is 6.07 Å². The lowest BCUT2D eigenvalue weighted by Crippen LogP contribution is -2.24. The molecule has 3 N–H and O–H groups in total. The van der Waals surface area contributed by atoms with Crippen LogP contribution in [0.15, 0.2) is 36.5 Å². The molecule has 4 heterocycles. The van der Waals surface area contributed by atoms with Gasteiger partial charge in [0.15, 0.2) is 5.82 Å². The summed E-state index contributed by atoms with van der Waals surface area (Å²) in [6.45, 7) is -0.179. The molecule has 180 valence electrons. The highest BCUT2D eigenvalue weighted by molar-refractivity contribution is 5.59. The topological polar surface area (TPSA) is 120 Å². The number of halogens is 6. The maximum absolute atomic E-state index is 13.1. The van der Waals surface area contributed by atoms with Crippen LogP contribution in [0.5, 0.6) is 0 Å². The summed E-state index contributed by atoms with van der Waals surface area (Å²) in [6, 6.07) is 5.00. The number of nitrogens with zero attached hydrogens (tertiary/aromatic N) is 6. The van der Waals surface area contributed by atoms with Crippen molar-refractivity contribution >= 4 is 17.6 Å². The van der Waals surface area contributed by atoms with Gasteiger partial charge in [-0.25, -0.2) is 4.98 Å². The number of nitrogens with one attached hydrogen (secondary N) is 1. The zero-order valence-corrected chi connectivity index (χ0v) is 16.9. The number of hydrogen-bond acceptors (Lipinski definition) is 9. The van der Waals surface area contributed by atoms with Gasteiger partial charge in [-0.3, -0.25) is 4.98 Å². The van der Waals surface area contributed by atoms with Crippen molar-refractivity contribution in [3.63, 3.8) is 0 Å². The van der Waals surface area contributed by atoms with Crippen LogP contribution in [0.4, 0.5) is 43.9 Å². The van der Waals surface area contributed by atoms with Crippen LogP contribution in [0.3, 0.4) is 0 Å². The third kappa shape index (κ3) is 5.14. The van der Waals surface area contributed by atoms with Gasteiger partial charge >= 0.3 is 12.4 Å². The fourth-order valence-corrected chi connectivity index (χ4v) is 3.12. The van der Waals surface area contributed by atoms with Crippen LogP contribution >= 0.6 is 0 Å². The number of aliphatic hydroxyl groups is 2. The maximum atomic E-state index is 13.1. The van der Waals surface area contributed by atoms with E-state index in [-0.39, 0.29) is 42.2 Å². The van der Waals surface area contributed by atoms with E-state index in [2.05, 4.69) is 30.2 Å². The van der Waals surface area contributed by atoms with E-state index >= 15 is 0 Å². The second-order valence-corrected chi connectivity index (χ2v) is 7.28. The van der Waals surface area contributed by atoms with Crippen LogP contribution in [0.1, 0.15) is 11.4 Å². The first-order chi connectivity index (χ1) is 15.9. The van der Waals surface area contributed by atoms with Crippen LogP contribution in [-0.2, 0) is 12.4 Å². The Hall–Kier alpha value is -3.59. The minimum absolute atomic E-state index is 0.0897. The molecule has 1 aliphatic rings. The van der Waals surface area contributed by atoms with Crippen molar-refractivity contribution in [2.75, 3.05) is 23.3 Å². The molecule has 0 aliphatic carbocycles. The third-order valence-corrected chi connectivity index (χ3v) is 4.74. The molecule has 0 radical (unpaired) electrons. The SMILES string of the molecule is O[C@@H]1CN(c2nc(Nc3ccnc(C(F)(F)F)c3)nc(-c3cccc(C(F)(F)F)n3)n2)C[C@H]1O. The quantitative estimate of drug-likeness (QED) is 0.477. The van der Waals surface area contributed by atoms with Gasteiger partial charge in [0.25, 0.3) is 0 Å². The molecule has 3 aromatic rings. The Kier molecular flexibility index (Phi) is 5.99. The maximum Gasteiger partial charge on any atom is 0.433 e. The average Bonchev–Trinajstić information content (AvgIpc) is 3.11. The number of β-amino-alcohol motifs (C(OH)–C–C–N with tert-alkyl or cyclic N) is 2. The molecule has 0 amide bonds. The Morgan fingerprint density at radius 1 is 0.853 bits per heavy atom. The molecule has 0 unspecified atom stereocenters. The molecule has 0 saturated carbocycles. The van der Waals surface area contributed by atoms with Crippen LogP contribution in [0, 0.1) is 0 Å². The highest BCUT2D eigenvalue weighted by atomic mass is 19.4. The Morgan fingerprint density at radius 2 is 1.53 bits per heavy atom. The van der Waals surface area contributed by atoms with E-state index < -0.39 is 35.9 Å². The molecule has 3 aromatic heterocycles. The predicted molar refractivity (Wildman–Crippen MR) is 105 cm³/mol. The summed E-state index contributed by atoms with van der Waals surface area (Å²) in [5, 5.41) is 22.2. The van der Waals surface area contributed by atoms with Gasteiger partial charge in [0.2, 0.25) is 11.9 Å². The molecule has 0 aromatic carbocycles. The normalized spacial score (nSPS) is 18.9. The first-order valence-electron chi connectivity index (χ1n) is 9.62. The lowest BCUT2D eigenvalue weighted by Gasteiger charge is -2.17. The first kappa shape index (κ1) is 23.6. The molecule has 9 nitrogen and oxygen atoms in total. The Balaban J connectivity index is 1.76. The summed E-state index contributed by atoms with van der Waals surface area (Å²) >= 11 is 0. The molecular formula is C19H15F6N7O2. The lowest BCUT2D eigenvalue weighted by molar-refractivity contribution is -0.141. The Morgan fingerprint density at radius 3 is 2.18 bits per heavy atom. The molecule has 1 aliphatic heterocycles. The van der Waals surface area contributed by atoms with Crippen molar-refractivity contribution in [1.29, 1.82) is 0 Å². The van der Waals surface area contributed by atoms with Crippen molar-refractivity contribution in [3.8, 4) is 11.5 Å². The smallest absolute Gasteiger partial charge is 0.388 e. The average molecular weight is 487 g/mol. The van der Waals surface area contributed by atoms with Gasteiger partial charge in [-0.1, -0.05) is 6.07 Å². The minimum atomic E-state index is -4.73. The largest absolute Gasteiger partial charge is 0.433 e. The van der Waals surface area contributed by atoms with Gasteiger partial charge in [-0.15, -0.1) is 0 Å². The van der Waals surface area contributed by atoms with Crippen molar-refractivity contribution in [2.45, 2.75) is 24.6 Å². The Bertz CT molecular complexity index is 1180. The molecule has 0 bridgehead atoms.